The molecule has 0 fully saturated rings. The van der Waals surface area contributed by atoms with Crippen LogP contribution in [0.15, 0.2) is 42.5 Å². The molecule has 2 aromatic carbocycles. The van der Waals surface area contributed by atoms with Crippen molar-refractivity contribution in [3.8, 4) is 5.75 Å². The molecule has 0 amide bonds. The zero-order chi connectivity index (χ0) is 18.9. The Kier molecular flexibility index (Phi) is 4.56. The molecule has 5 N–H and O–H groups in total. The first-order valence-corrected chi connectivity index (χ1v) is 7.56. The van der Waals surface area contributed by atoms with Crippen LogP contribution in [0.2, 0.25) is 0 Å². The standard InChI is InChI=1S/C17H15F3N4O2/c18-17(19,20)10-6-4-9(5-7-10)13(8-25)26-12-3-1-2-11-14(12)15(21)24-16(22)23-11/h1-7,13,25H,8H2,(H4,21,22,23,24). The average Bonchev–Trinajstić information content (AvgIpc) is 2.58. The van der Waals surface area contributed by atoms with E-state index in [0.29, 0.717) is 22.2 Å². The Morgan fingerprint density at radius 2 is 1.73 bits per heavy atom. The monoisotopic (exact) mass is 364 g/mol. The van der Waals surface area contributed by atoms with E-state index in [-0.39, 0.29) is 11.8 Å². The Morgan fingerprint density at radius 1 is 1.04 bits per heavy atom. The Balaban J connectivity index is 1.95. The molecule has 0 aliphatic carbocycles. The molecule has 1 heterocycles. The summed E-state index contributed by atoms with van der Waals surface area (Å²) < 4.78 is 43.8. The molecule has 0 bridgehead atoms. The predicted molar refractivity (Wildman–Crippen MR) is 90.3 cm³/mol. The van der Waals surface area contributed by atoms with Gasteiger partial charge in [-0.2, -0.15) is 18.2 Å². The van der Waals surface area contributed by atoms with E-state index in [2.05, 4.69) is 9.97 Å². The zero-order valence-electron chi connectivity index (χ0n) is 13.4. The Labute approximate surface area is 146 Å². The minimum atomic E-state index is -4.44. The number of nitrogens with zero attached hydrogens (tertiary/aromatic N) is 2. The summed E-state index contributed by atoms with van der Waals surface area (Å²) in [5.41, 5.74) is 11.5. The van der Waals surface area contributed by atoms with Gasteiger partial charge in [0.2, 0.25) is 5.95 Å². The van der Waals surface area contributed by atoms with Gasteiger partial charge >= 0.3 is 6.18 Å². The van der Waals surface area contributed by atoms with Crippen LogP contribution in [-0.4, -0.2) is 21.7 Å². The van der Waals surface area contributed by atoms with Gasteiger partial charge in [0.25, 0.3) is 0 Å². The van der Waals surface area contributed by atoms with Crippen LogP contribution in [0, 0.1) is 0 Å². The Hall–Kier alpha value is -3.07. The number of halogens is 3. The van der Waals surface area contributed by atoms with Crippen molar-refractivity contribution in [3.05, 3.63) is 53.6 Å². The van der Waals surface area contributed by atoms with E-state index in [1.165, 1.54) is 12.1 Å². The summed E-state index contributed by atoms with van der Waals surface area (Å²) in [5, 5.41) is 10.0. The third kappa shape index (κ3) is 3.47. The maximum absolute atomic E-state index is 12.7. The van der Waals surface area contributed by atoms with Crippen LogP contribution in [0.5, 0.6) is 5.75 Å². The van der Waals surface area contributed by atoms with Crippen molar-refractivity contribution in [2.45, 2.75) is 12.3 Å². The normalized spacial score (nSPS) is 12.9. The number of fused-ring (bicyclic) bond motifs is 1. The highest BCUT2D eigenvalue weighted by atomic mass is 19.4. The van der Waals surface area contributed by atoms with Gasteiger partial charge < -0.3 is 21.3 Å². The van der Waals surface area contributed by atoms with E-state index in [1.807, 2.05) is 0 Å². The largest absolute Gasteiger partial charge is 0.482 e. The number of benzene rings is 2. The van der Waals surface area contributed by atoms with Gasteiger partial charge in [0.05, 0.1) is 23.1 Å². The van der Waals surface area contributed by atoms with E-state index in [1.54, 1.807) is 18.2 Å². The van der Waals surface area contributed by atoms with Crippen LogP contribution in [-0.2, 0) is 6.18 Å². The second-order valence-corrected chi connectivity index (χ2v) is 5.53. The molecule has 9 heteroatoms. The molecule has 3 aromatic rings. The van der Waals surface area contributed by atoms with Gasteiger partial charge in [0.15, 0.2) is 0 Å². The fourth-order valence-corrected chi connectivity index (χ4v) is 2.55. The summed E-state index contributed by atoms with van der Waals surface area (Å²) in [6, 6.07) is 9.31. The molecule has 0 aliphatic rings. The molecule has 0 saturated carbocycles. The smallest absolute Gasteiger partial charge is 0.416 e. The fraction of sp³-hybridized carbons (Fsp3) is 0.176. The molecular weight excluding hydrogens is 349 g/mol. The van der Waals surface area contributed by atoms with Gasteiger partial charge in [-0.1, -0.05) is 18.2 Å². The number of nitrogen functional groups attached to an aromatic ring is 2. The highest BCUT2D eigenvalue weighted by Crippen LogP contribution is 2.34. The maximum Gasteiger partial charge on any atom is 0.416 e. The van der Waals surface area contributed by atoms with E-state index in [4.69, 9.17) is 16.2 Å². The summed E-state index contributed by atoms with van der Waals surface area (Å²) in [5.74, 6) is 0.403. The van der Waals surface area contributed by atoms with Crippen LogP contribution >= 0.6 is 0 Å². The number of hydrogen-bond acceptors (Lipinski definition) is 6. The van der Waals surface area contributed by atoms with Gasteiger partial charge in [-0.05, 0) is 29.8 Å². The second kappa shape index (κ2) is 6.68. The fourth-order valence-electron chi connectivity index (χ4n) is 2.55. The number of aromatic nitrogens is 2. The molecule has 1 unspecified atom stereocenters. The number of aliphatic hydroxyl groups excluding tert-OH is 1. The van der Waals surface area contributed by atoms with E-state index in [0.717, 1.165) is 12.1 Å². The summed E-state index contributed by atoms with van der Waals surface area (Å²) in [7, 11) is 0. The van der Waals surface area contributed by atoms with Crippen LogP contribution in [0.3, 0.4) is 0 Å². The van der Waals surface area contributed by atoms with Crippen molar-refractivity contribution in [1.82, 2.24) is 9.97 Å². The van der Waals surface area contributed by atoms with E-state index in [9.17, 15) is 18.3 Å². The average molecular weight is 364 g/mol. The molecular formula is C17H15F3N4O2. The molecule has 1 aromatic heterocycles. The van der Waals surface area contributed by atoms with Crippen LogP contribution < -0.4 is 16.2 Å². The number of aliphatic hydroxyl groups is 1. The minimum absolute atomic E-state index is 0.00796. The van der Waals surface area contributed by atoms with Gasteiger partial charge in [-0.3, -0.25) is 0 Å². The Bertz CT molecular complexity index is 930. The Morgan fingerprint density at radius 3 is 2.35 bits per heavy atom. The molecule has 0 saturated heterocycles. The molecule has 6 nitrogen and oxygen atoms in total. The molecule has 3 rings (SSSR count). The first kappa shape index (κ1) is 17.7. The topological polar surface area (TPSA) is 107 Å². The summed E-state index contributed by atoms with van der Waals surface area (Å²) in [4.78, 5) is 7.94. The molecule has 26 heavy (non-hydrogen) atoms. The SMILES string of the molecule is Nc1nc(N)c2c(OC(CO)c3ccc(C(F)(F)F)cc3)cccc2n1. The first-order chi connectivity index (χ1) is 12.3. The first-order valence-electron chi connectivity index (χ1n) is 7.56. The molecule has 136 valence electrons. The molecule has 0 spiro atoms. The van der Waals surface area contributed by atoms with Gasteiger partial charge in [0.1, 0.15) is 17.7 Å². The van der Waals surface area contributed by atoms with Crippen LogP contribution in [0.4, 0.5) is 24.9 Å². The highest BCUT2D eigenvalue weighted by Gasteiger charge is 2.30. The number of ether oxygens (including phenoxy) is 1. The zero-order valence-corrected chi connectivity index (χ0v) is 13.4. The van der Waals surface area contributed by atoms with Crippen LogP contribution in [0.25, 0.3) is 10.9 Å². The lowest BCUT2D eigenvalue weighted by Crippen LogP contribution is -2.13. The summed E-state index contributed by atoms with van der Waals surface area (Å²) in [6.45, 7) is -0.447. The summed E-state index contributed by atoms with van der Waals surface area (Å²) >= 11 is 0. The predicted octanol–water partition coefficient (Wildman–Crippen LogP) is 2.93. The molecule has 0 aliphatic heterocycles. The summed E-state index contributed by atoms with van der Waals surface area (Å²) in [6.07, 6.45) is -5.32. The highest BCUT2D eigenvalue weighted by molar-refractivity contribution is 5.94. The number of alkyl halides is 3. The van der Waals surface area contributed by atoms with Crippen molar-refractivity contribution in [2.24, 2.45) is 0 Å². The van der Waals surface area contributed by atoms with Gasteiger partial charge in [-0.25, -0.2) is 4.98 Å². The van der Waals surface area contributed by atoms with Crippen molar-refractivity contribution in [2.75, 3.05) is 18.1 Å². The molecule has 0 radical (unpaired) electrons. The van der Waals surface area contributed by atoms with Crippen LogP contribution in [0.1, 0.15) is 17.2 Å². The maximum atomic E-state index is 12.7. The quantitative estimate of drug-likeness (QED) is 0.657. The number of rotatable bonds is 4. The lowest BCUT2D eigenvalue weighted by atomic mass is 10.1. The number of hydrogen-bond donors (Lipinski definition) is 3. The van der Waals surface area contributed by atoms with E-state index < -0.39 is 24.5 Å². The van der Waals surface area contributed by atoms with Crippen molar-refractivity contribution < 1.29 is 23.0 Å². The van der Waals surface area contributed by atoms with E-state index >= 15 is 0 Å². The lowest BCUT2D eigenvalue weighted by molar-refractivity contribution is -0.137. The number of nitrogens with two attached hydrogens (primary N) is 2. The minimum Gasteiger partial charge on any atom is -0.482 e. The van der Waals surface area contributed by atoms with Crippen molar-refractivity contribution >= 4 is 22.7 Å². The van der Waals surface area contributed by atoms with Gasteiger partial charge in [-0.15, -0.1) is 0 Å². The van der Waals surface area contributed by atoms with Gasteiger partial charge in [0, 0.05) is 0 Å². The number of anilines is 2. The van der Waals surface area contributed by atoms with Crippen molar-refractivity contribution in [3.63, 3.8) is 0 Å². The lowest BCUT2D eigenvalue weighted by Gasteiger charge is -2.19. The third-order valence-corrected chi connectivity index (χ3v) is 3.78. The second-order valence-electron chi connectivity index (χ2n) is 5.53. The molecule has 1 atom stereocenters. The third-order valence-electron chi connectivity index (χ3n) is 3.78. The van der Waals surface area contributed by atoms with Crippen molar-refractivity contribution in [1.29, 1.82) is 0 Å².